The molecule has 0 saturated heterocycles. The summed E-state index contributed by atoms with van der Waals surface area (Å²) in [6, 6.07) is 5.16. The summed E-state index contributed by atoms with van der Waals surface area (Å²) in [4.78, 5) is 32.1. The number of nitrogens with zero attached hydrogens (tertiary/aromatic N) is 5. The molecular formula is C29H40FN7O4. The second-order valence-corrected chi connectivity index (χ2v) is 11.0. The fourth-order valence-electron chi connectivity index (χ4n) is 5.40. The Morgan fingerprint density at radius 2 is 2.15 bits per heavy atom. The maximum absolute atomic E-state index is 13.5. The first-order valence-electron chi connectivity index (χ1n) is 14.3. The molecule has 0 bridgehead atoms. The smallest absolute Gasteiger partial charge is 0.326 e. The fourth-order valence-corrected chi connectivity index (χ4v) is 5.40. The number of carbonyl (C=O) groups is 2. The standard InChI is InChI=1S/C29H40FN7O4/c1-36-18-21(17-31)25(35-36)29(11-12-29)28(40)34-24(27(38)39)10-15-37(19-23(16-30)41-2)14-4-3-7-22-9-8-20-6-5-13-32-26(20)33-22/h8-9,18,23-24H,3-7,10-16,19H2,1-2H3,(H,32,33)(H,34,40)(H,38,39)/t23-,24+/m1/s1. The summed E-state index contributed by atoms with van der Waals surface area (Å²) in [5.41, 5.74) is 2.01. The Morgan fingerprint density at radius 3 is 2.83 bits per heavy atom. The number of ether oxygens (including phenoxy) is 1. The molecule has 3 heterocycles. The lowest BCUT2D eigenvalue weighted by Gasteiger charge is -2.27. The maximum atomic E-state index is 13.5. The molecule has 222 valence electrons. The lowest BCUT2D eigenvalue weighted by atomic mass is 9.97. The number of anilines is 1. The van der Waals surface area contributed by atoms with E-state index in [2.05, 4.69) is 33.9 Å². The number of fused-ring (bicyclic) bond motifs is 1. The van der Waals surface area contributed by atoms with Gasteiger partial charge in [0.05, 0.1) is 22.8 Å². The van der Waals surface area contributed by atoms with Gasteiger partial charge in [-0.05, 0) is 69.5 Å². The van der Waals surface area contributed by atoms with Crippen LogP contribution in [0.15, 0.2) is 18.3 Å². The van der Waals surface area contributed by atoms with E-state index in [0.717, 1.165) is 50.2 Å². The molecule has 3 N–H and O–H groups in total. The number of aryl methyl sites for hydroxylation is 3. The summed E-state index contributed by atoms with van der Waals surface area (Å²) in [7, 11) is 3.14. The number of amides is 1. The van der Waals surface area contributed by atoms with Gasteiger partial charge in [0, 0.05) is 45.7 Å². The van der Waals surface area contributed by atoms with E-state index in [-0.39, 0.29) is 6.42 Å². The van der Waals surface area contributed by atoms with E-state index >= 15 is 0 Å². The van der Waals surface area contributed by atoms with Crippen molar-refractivity contribution in [2.24, 2.45) is 7.05 Å². The number of hydrogen-bond acceptors (Lipinski definition) is 8. The van der Waals surface area contributed by atoms with Crippen molar-refractivity contribution < 1.29 is 23.8 Å². The minimum absolute atomic E-state index is 0.144. The zero-order valence-corrected chi connectivity index (χ0v) is 23.9. The molecule has 0 spiro atoms. The molecule has 2 atom stereocenters. The minimum Gasteiger partial charge on any atom is -0.480 e. The number of carbonyl (C=O) groups excluding carboxylic acids is 1. The summed E-state index contributed by atoms with van der Waals surface area (Å²) in [6.45, 7) is 1.59. The highest BCUT2D eigenvalue weighted by atomic mass is 19.1. The van der Waals surface area contributed by atoms with Gasteiger partial charge in [0.25, 0.3) is 0 Å². The number of aliphatic carboxylic acids is 1. The van der Waals surface area contributed by atoms with Crippen LogP contribution in [0.2, 0.25) is 0 Å². The van der Waals surface area contributed by atoms with Gasteiger partial charge in [0.2, 0.25) is 5.91 Å². The molecule has 1 amide bonds. The molecule has 1 saturated carbocycles. The van der Waals surface area contributed by atoms with Gasteiger partial charge in [0.15, 0.2) is 0 Å². The number of carboxylic acids is 1. The van der Waals surface area contributed by atoms with Gasteiger partial charge < -0.3 is 25.4 Å². The third-order valence-corrected chi connectivity index (χ3v) is 8.00. The number of unbranched alkanes of at least 4 members (excludes halogenated alkanes) is 1. The Balaban J connectivity index is 1.33. The van der Waals surface area contributed by atoms with E-state index in [1.54, 1.807) is 13.2 Å². The van der Waals surface area contributed by atoms with Crippen molar-refractivity contribution in [3.8, 4) is 6.07 Å². The zero-order chi connectivity index (χ0) is 29.4. The van der Waals surface area contributed by atoms with E-state index in [9.17, 15) is 24.3 Å². The van der Waals surface area contributed by atoms with Crippen LogP contribution in [-0.2, 0) is 39.6 Å². The van der Waals surface area contributed by atoms with Gasteiger partial charge >= 0.3 is 5.97 Å². The zero-order valence-electron chi connectivity index (χ0n) is 23.9. The molecule has 2 aliphatic rings. The maximum Gasteiger partial charge on any atom is 0.326 e. The number of hydrogen-bond donors (Lipinski definition) is 3. The van der Waals surface area contributed by atoms with Crippen LogP contribution in [0.1, 0.15) is 61.0 Å². The number of carboxylic acid groups (broad SMARTS) is 1. The average Bonchev–Trinajstić information content (AvgIpc) is 3.70. The van der Waals surface area contributed by atoms with Gasteiger partial charge in [-0.15, -0.1) is 0 Å². The number of pyridine rings is 1. The molecule has 1 fully saturated rings. The number of nitriles is 1. The van der Waals surface area contributed by atoms with Crippen molar-refractivity contribution in [2.45, 2.75) is 68.9 Å². The van der Waals surface area contributed by atoms with E-state index in [1.807, 2.05) is 4.90 Å². The summed E-state index contributed by atoms with van der Waals surface area (Å²) < 4.78 is 20.2. The molecule has 2 aromatic rings. The minimum atomic E-state index is -1.14. The Morgan fingerprint density at radius 1 is 1.34 bits per heavy atom. The van der Waals surface area contributed by atoms with Gasteiger partial charge in [-0.3, -0.25) is 9.48 Å². The molecule has 2 aromatic heterocycles. The van der Waals surface area contributed by atoms with Crippen LogP contribution in [-0.4, -0.2) is 88.8 Å². The Kier molecular flexibility index (Phi) is 10.3. The quantitative estimate of drug-likeness (QED) is 0.259. The lowest BCUT2D eigenvalue weighted by molar-refractivity contribution is -0.142. The molecule has 0 radical (unpaired) electrons. The Labute approximate surface area is 240 Å². The average molecular weight is 570 g/mol. The number of rotatable bonds is 16. The predicted octanol–water partition coefficient (Wildman–Crippen LogP) is 2.35. The first-order valence-corrected chi connectivity index (χ1v) is 14.3. The Hall–Kier alpha value is -3.56. The van der Waals surface area contributed by atoms with Crippen LogP contribution in [0.5, 0.6) is 0 Å². The first-order chi connectivity index (χ1) is 19.8. The summed E-state index contributed by atoms with van der Waals surface area (Å²) in [5, 5.41) is 29.7. The van der Waals surface area contributed by atoms with Crippen molar-refractivity contribution in [2.75, 3.05) is 45.3 Å². The fraction of sp³-hybridized carbons (Fsp3) is 0.621. The molecule has 41 heavy (non-hydrogen) atoms. The number of aromatic nitrogens is 3. The van der Waals surface area contributed by atoms with Crippen LogP contribution >= 0.6 is 0 Å². The topological polar surface area (TPSA) is 145 Å². The van der Waals surface area contributed by atoms with E-state index < -0.39 is 36.1 Å². The third kappa shape index (κ3) is 7.59. The molecular weight excluding hydrogens is 529 g/mol. The van der Waals surface area contributed by atoms with Crippen LogP contribution < -0.4 is 10.6 Å². The van der Waals surface area contributed by atoms with Gasteiger partial charge in [0.1, 0.15) is 24.6 Å². The number of alkyl halides is 1. The van der Waals surface area contributed by atoms with Gasteiger partial charge in [-0.2, -0.15) is 10.4 Å². The lowest BCUT2D eigenvalue weighted by Crippen LogP contribution is -2.48. The van der Waals surface area contributed by atoms with E-state index in [1.165, 1.54) is 17.4 Å². The molecule has 4 rings (SSSR count). The molecule has 0 aromatic carbocycles. The Bertz CT molecular complexity index is 1250. The normalized spacial score (nSPS) is 16.8. The van der Waals surface area contributed by atoms with Gasteiger partial charge in [-0.25, -0.2) is 14.2 Å². The monoisotopic (exact) mass is 569 g/mol. The third-order valence-electron chi connectivity index (χ3n) is 8.00. The van der Waals surface area contributed by atoms with Crippen molar-refractivity contribution >= 4 is 17.7 Å². The highest BCUT2D eigenvalue weighted by Gasteiger charge is 2.55. The van der Waals surface area contributed by atoms with Crippen LogP contribution in [0.3, 0.4) is 0 Å². The van der Waals surface area contributed by atoms with Crippen LogP contribution in [0, 0.1) is 11.3 Å². The number of methoxy groups -OCH3 is 1. The van der Waals surface area contributed by atoms with Crippen molar-refractivity contribution in [3.05, 3.63) is 40.8 Å². The van der Waals surface area contributed by atoms with E-state index in [0.29, 0.717) is 43.7 Å². The summed E-state index contributed by atoms with van der Waals surface area (Å²) in [5.74, 6) is -0.600. The van der Waals surface area contributed by atoms with Crippen molar-refractivity contribution in [1.29, 1.82) is 5.26 Å². The molecule has 1 aliphatic carbocycles. The van der Waals surface area contributed by atoms with E-state index in [4.69, 9.17) is 9.72 Å². The van der Waals surface area contributed by atoms with Crippen molar-refractivity contribution in [3.63, 3.8) is 0 Å². The second kappa shape index (κ2) is 13.9. The highest BCUT2D eigenvalue weighted by Crippen LogP contribution is 2.49. The SMILES string of the molecule is CO[C@H](CF)CN(CCCCc1ccc2c(n1)NCCC2)CC[C@H](NC(=O)C1(c2nn(C)cc2C#N)CC1)C(=O)O. The molecule has 1 aliphatic heterocycles. The van der Waals surface area contributed by atoms with Crippen LogP contribution in [0.4, 0.5) is 10.2 Å². The van der Waals surface area contributed by atoms with Gasteiger partial charge in [-0.1, -0.05) is 6.07 Å². The largest absolute Gasteiger partial charge is 0.480 e. The van der Waals surface area contributed by atoms with Crippen molar-refractivity contribution in [1.82, 2.24) is 25.0 Å². The summed E-state index contributed by atoms with van der Waals surface area (Å²) >= 11 is 0. The number of halogens is 1. The highest BCUT2D eigenvalue weighted by molar-refractivity contribution is 5.94. The summed E-state index contributed by atoms with van der Waals surface area (Å²) in [6.07, 6.45) is 6.76. The molecule has 11 nitrogen and oxygen atoms in total. The van der Waals surface area contributed by atoms with Crippen LogP contribution in [0.25, 0.3) is 0 Å². The number of nitrogens with one attached hydrogen (secondary N) is 2. The molecule has 12 heteroatoms. The predicted molar refractivity (Wildman–Crippen MR) is 150 cm³/mol. The molecule has 0 unspecified atom stereocenters. The second-order valence-electron chi connectivity index (χ2n) is 11.0. The first kappa shape index (κ1) is 30.4.